The summed E-state index contributed by atoms with van der Waals surface area (Å²) >= 11 is 0. The van der Waals surface area contributed by atoms with Gasteiger partial charge < -0.3 is 14.6 Å². The lowest BCUT2D eigenvalue weighted by Gasteiger charge is -2.08. The molecule has 6 heteroatoms. The molecular weight excluding hydrogens is 304 g/mol. The average Bonchev–Trinajstić information content (AvgIpc) is 2.82. The first kappa shape index (κ1) is 17.7. The van der Waals surface area contributed by atoms with Gasteiger partial charge in [-0.2, -0.15) is 5.10 Å². The second kappa shape index (κ2) is 8.31. The summed E-state index contributed by atoms with van der Waals surface area (Å²) in [6, 6.07) is 9.26. The number of carbonyl (C=O) groups is 1. The van der Waals surface area contributed by atoms with Crippen LogP contribution >= 0.6 is 0 Å². The van der Waals surface area contributed by atoms with Crippen molar-refractivity contribution in [3.8, 4) is 0 Å². The van der Waals surface area contributed by atoms with E-state index in [1.54, 1.807) is 13.3 Å². The second-order valence-corrected chi connectivity index (χ2v) is 5.61. The molecule has 2 N–H and O–H groups in total. The first-order valence-corrected chi connectivity index (χ1v) is 7.84. The van der Waals surface area contributed by atoms with Crippen LogP contribution in [0.1, 0.15) is 22.5 Å². The standard InChI is InChI=1S/C18H24N4O2/c1-13-7-5-6-8-17(13)20-18(23)21-19-12-16-11-14(2)22(15(16)3)9-10-24-4/h5-8,11-12H,9-10H2,1-4H3,(H2,20,21,23). The summed E-state index contributed by atoms with van der Waals surface area (Å²) in [6.07, 6.45) is 1.66. The third-order valence-corrected chi connectivity index (χ3v) is 3.89. The molecule has 0 fully saturated rings. The molecule has 2 rings (SSSR count). The maximum Gasteiger partial charge on any atom is 0.339 e. The van der Waals surface area contributed by atoms with Crippen LogP contribution in [0.15, 0.2) is 35.4 Å². The van der Waals surface area contributed by atoms with Crippen LogP contribution in [-0.4, -0.2) is 30.5 Å². The number of hydrazone groups is 1. The number of para-hydroxylation sites is 1. The topological polar surface area (TPSA) is 67.6 Å². The minimum Gasteiger partial charge on any atom is -0.383 e. The zero-order valence-corrected chi connectivity index (χ0v) is 14.6. The molecule has 0 aliphatic rings. The summed E-state index contributed by atoms with van der Waals surface area (Å²) in [4.78, 5) is 11.9. The van der Waals surface area contributed by atoms with E-state index in [0.717, 1.165) is 34.7 Å². The highest BCUT2D eigenvalue weighted by Crippen LogP contribution is 2.14. The van der Waals surface area contributed by atoms with Crippen LogP contribution in [0.2, 0.25) is 0 Å². The van der Waals surface area contributed by atoms with Crippen LogP contribution in [0, 0.1) is 20.8 Å². The summed E-state index contributed by atoms with van der Waals surface area (Å²) in [7, 11) is 1.69. The Bertz CT molecular complexity index is 735. The van der Waals surface area contributed by atoms with Gasteiger partial charge in [-0.15, -0.1) is 0 Å². The van der Waals surface area contributed by atoms with E-state index in [0.29, 0.717) is 6.61 Å². The largest absolute Gasteiger partial charge is 0.383 e. The molecular formula is C18H24N4O2. The molecule has 2 amide bonds. The Morgan fingerprint density at radius 2 is 2.04 bits per heavy atom. The van der Waals surface area contributed by atoms with Crippen LogP contribution in [0.3, 0.4) is 0 Å². The van der Waals surface area contributed by atoms with E-state index in [1.165, 1.54) is 0 Å². The van der Waals surface area contributed by atoms with Gasteiger partial charge in [0.25, 0.3) is 0 Å². The highest BCUT2D eigenvalue weighted by atomic mass is 16.5. The molecule has 0 radical (unpaired) electrons. The molecule has 24 heavy (non-hydrogen) atoms. The van der Waals surface area contributed by atoms with Gasteiger partial charge in [0.1, 0.15) is 0 Å². The number of urea groups is 1. The molecule has 1 aromatic carbocycles. The van der Waals surface area contributed by atoms with Crippen molar-refractivity contribution in [2.75, 3.05) is 19.0 Å². The van der Waals surface area contributed by atoms with Crippen molar-refractivity contribution in [1.82, 2.24) is 9.99 Å². The molecule has 0 saturated carbocycles. The van der Waals surface area contributed by atoms with Gasteiger partial charge in [0.05, 0.1) is 12.8 Å². The quantitative estimate of drug-likeness (QED) is 0.631. The Balaban J connectivity index is 1.96. The van der Waals surface area contributed by atoms with Gasteiger partial charge in [0.15, 0.2) is 0 Å². The molecule has 1 heterocycles. The lowest BCUT2D eigenvalue weighted by Crippen LogP contribution is -2.24. The van der Waals surface area contributed by atoms with E-state index in [2.05, 4.69) is 20.4 Å². The smallest absolute Gasteiger partial charge is 0.339 e. The van der Waals surface area contributed by atoms with Crippen molar-refractivity contribution in [1.29, 1.82) is 0 Å². The van der Waals surface area contributed by atoms with E-state index < -0.39 is 0 Å². The fourth-order valence-electron chi connectivity index (χ4n) is 2.51. The average molecular weight is 328 g/mol. The highest BCUT2D eigenvalue weighted by molar-refractivity contribution is 5.91. The molecule has 0 atom stereocenters. The van der Waals surface area contributed by atoms with Gasteiger partial charge in [0.2, 0.25) is 0 Å². The number of benzene rings is 1. The monoisotopic (exact) mass is 328 g/mol. The first-order chi connectivity index (χ1) is 11.5. The van der Waals surface area contributed by atoms with Gasteiger partial charge in [0, 0.05) is 36.3 Å². The van der Waals surface area contributed by atoms with E-state index in [1.807, 2.05) is 51.1 Å². The molecule has 0 unspecified atom stereocenters. The van der Waals surface area contributed by atoms with Crippen LogP contribution in [0.4, 0.5) is 10.5 Å². The van der Waals surface area contributed by atoms with Crippen molar-refractivity contribution < 1.29 is 9.53 Å². The molecule has 0 aliphatic carbocycles. The predicted molar refractivity (Wildman–Crippen MR) is 96.7 cm³/mol. The minimum atomic E-state index is -0.367. The van der Waals surface area contributed by atoms with E-state index in [4.69, 9.17) is 4.74 Å². The van der Waals surface area contributed by atoms with Crippen molar-refractivity contribution in [2.45, 2.75) is 27.3 Å². The highest BCUT2D eigenvalue weighted by Gasteiger charge is 2.07. The Morgan fingerprint density at radius 3 is 2.75 bits per heavy atom. The van der Waals surface area contributed by atoms with Gasteiger partial charge in [-0.3, -0.25) is 0 Å². The molecule has 2 aromatic rings. The fourth-order valence-corrected chi connectivity index (χ4v) is 2.51. The lowest BCUT2D eigenvalue weighted by atomic mass is 10.2. The van der Waals surface area contributed by atoms with Crippen molar-refractivity contribution in [3.05, 3.63) is 52.8 Å². The number of aryl methyl sites for hydroxylation is 2. The number of rotatable bonds is 6. The van der Waals surface area contributed by atoms with Crippen molar-refractivity contribution in [3.63, 3.8) is 0 Å². The van der Waals surface area contributed by atoms with E-state index in [-0.39, 0.29) is 6.03 Å². The number of nitrogens with zero attached hydrogens (tertiary/aromatic N) is 2. The van der Waals surface area contributed by atoms with Crippen molar-refractivity contribution >= 4 is 17.9 Å². The lowest BCUT2D eigenvalue weighted by molar-refractivity contribution is 0.186. The van der Waals surface area contributed by atoms with Gasteiger partial charge in [-0.25, -0.2) is 10.2 Å². The Morgan fingerprint density at radius 1 is 1.29 bits per heavy atom. The number of ether oxygens (including phenoxy) is 1. The van der Waals surface area contributed by atoms with E-state index in [9.17, 15) is 4.79 Å². The van der Waals surface area contributed by atoms with Crippen molar-refractivity contribution in [2.24, 2.45) is 5.10 Å². The number of carbonyl (C=O) groups excluding carboxylic acids is 1. The van der Waals surface area contributed by atoms with Gasteiger partial charge in [-0.1, -0.05) is 18.2 Å². The zero-order valence-electron chi connectivity index (χ0n) is 14.6. The number of amides is 2. The fraction of sp³-hybridized carbons (Fsp3) is 0.333. The molecule has 0 saturated heterocycles. The van der Waals surface area contributed by atoms with Crippen LogP contribution in [0.5, 0.6) is 0 Å². The number of methoxy groups -OCH3 is 1. The summed E-state index contributed by atoms with van der Waals surface area (Å²) < 4.78 is 7.29. The molecule has 0 spiro atoms. The second-order valence-electron chi connectivity index (χ2n) is 5.61. The Labute approximate surface area is 142 Å². The Kier molecular flexibility index (Phi) is 6.14. The number of anilines is 1. The maximum atomic E-state index is 11.9. The molecule has 0 bridgehead atoms. The maximum absolute atomic E-state index is 11.9. The zero-order chi connectivity index (χ0) is 17.5. The third-order valence-electron chi connectivity index (χ3n) is 3.89. The Hall–Kier alpha value is -2.60. The summed E-state index contributed by atoms with van der Waals surface area (Å²) in [6.45, 7) is 7.46. The van der Waals surface area contributed by atoms with Gasteiger partial charge >= 0.3 is 6.03 Å². The summed E-state index contributed by atoms with van der Waals surface area (Å²) in [5.74, 6) is 0. The van der Waals surface area contributed by atoms with Crippen LogP contribution in [0.25, 0.3) is 0 Å². The summed E-state index contributed by atoms with van der Waals surface area (Å²) in [5.41, 5.74) is 7.46. The first-order valence-electron chi connectivity index (χ1n) is 7.84. The number of hydrogen-bond acceptors (Lipinski definition) is 3. The molecule has 128 valence electrons. The molecule has 0 aliphatic heterocycles. The summed E-state index contributed by atoms with van der Waals surface area (Å²) in [5, 5.41) is 6.80. The minimum absolute atomic E-state index is 0.367. The van der Waals surface area contributed by atoms with E-state index >= 15 is 0 Å². The predicted octanol–water partition coefficient (Wildman–Crippen LogP) is 3.22. The van der Waals surface area contributed by atoms with Crippen LogP contribution < -0.4 is 10.7 Å². The molecule has 1 aromatic heterocycles. The normalized spacial score (nSPS) is 11.0. The number of nitrogens with one attached hydrogen (secondary N) is 2. The number of aromatic nitrogens is 1. The molecule has 6 nitrogen and oxygen atoms in total. The SMILES string of the molecule is COCCn1c(C)cc(C=NNC(=O)Nc2ccccc2C)c1C. The van der Waals surface area contributed by atoms with Crippen LogP contribution in [-0.2, 0) is 11.3 Å². The van der Waals surface area contributed by atoms with Gasteiger partial charge in [-0.05, 0) is 38.5 Å². The number of hydrogen-bond donors (Lipinski definition) is 2. The third kappa shape index (κ3) is 4.45.